The van der Waals surface area contributed by atoms with Crippen LogP contribution in [0.5, 0.6) is 5.75 Å². The number of nitrogens with zero attached hydrogens (tertiary/aromatic N) is 3. The predicted octanol–water partition coefficient (Wildman–Crippen LogP) is 3.59. The van der Waals surface area contributed by atoms with Crippen LogP contribution < -0.4 is 9.64 Å². The van der Waals surface area contributed by atoms with Gasteiger partial charge in [0.05, 0.1) is 12.8 Å². The van der Waals surface area contributed by atoms with Crippen molar-refractivity contribution in [1.82, 2.24) is 9.47 Å². The first kappa shape index (κ1) is 20.0. The lowest BCUT2D eigenvalue weighted by molar-refractivity contribution is -0.131. The number of hydrogen-bond acceptors (Lipinski definition) is 4. The zero-order valence-electron chi connectivity index (χ0n) is 17.5. The van der Waals surface area contributed by atoms with E-state index in [4.69, 9.17) is 4.74 Å². The number of methoxy groups -OCH3 is 1. The van der Waals surface area contributed by atoms with E-state index in [9.17, 15) is 9.59 Å². The van der Waals surface area contributed by atoms with Gasteiger partial charge in [-0.05, 0) is 25.1 Å². The van der Waals surface area contributed by atoms with Crippen LogP contribution in [0.1, 0.15) is 23.7 Å². The zero-order chi connectivity index (χ0) is 21.1. The molecule has 0 aliphatic carbocycles. The van der Waals surface area contributed by atoms with Gasteiger partial charge in [-0.1, -0.05) is 30.3 Å². The lowest BCUT2D eigenvalue weighted by atomic mass is 10.1. The summed E-state index contributed by atoms with van der Waals surface area (Å²) >= 11 is 0. The van der Waals surface area contributed by atoms with Gasteiger partial charge in [0, 0.05) is 61.8 Å². The highest BCUT2D eigenvalue weighted by atomic mass is 16.5. The Hall–Kier alpha value is -3.28. The van der Waals surface area contributed by atoms with E-state index in [2.05, 4.69) is 11.0 Å². The van der Waals surface area contributed by atoms with Crippen LogP contribution >= 0.6 is 0 Å². The van der Waals surface area contributed by atoms with Crippen molar-refractivity contribution in [1.29, 1.82) is 0 Å². The van der Waals surface area contributed by atoms with E-state index >= 15 is 0 Å². The Morgan fingerprint density at radius 3 is 2.40 bits per heavy atom. The highest BCUT2D eigenvalue weighted by molar-refractivity contribution is 6.07. The molecule has 1 saturated heterocycles. The quantitative estimate of drug-likeness (QED) is 0.588. The van der Waals surface area contributed by atoms with Crippen molar-refractivity contribution in [3.8, 4) is 5.75 Å². The SMILES string of the molecule is COc1ccccc1N1CCN(C(=O)CCn2cc(C(C)=O)c3ccccc32)CC1. The second-order valence-corrected chi connectivity index (χ2v) is 7.60. The number of aromatic nitrogens is 1. The molecule has 0 saturated carbocycles. The van der Waals surface area contributed by atoms with Crippen LogP contribution in [0.4, 0.5) is 5.69 Å². The molecule has 156 valence electrons. The number of fused-ring (bicyclic) bond motifs is 1. The minimum Gasteiger partial charge on any atom is -0.495 e. The fraction of sp³-hybridized carbons (Fsp3) is 0.333. The van der Waals surface area contributed by atoms with E-state index in [1.165, 1.54) is 0 Å². The Bertz CT molecular complexity index is 1060. The van der Waals surface area contributed by atoms with Crippen LogP contribution in [0, 0.1) is 0 Å². The van der Waals surface area contributed by atoms with Crippen molar-refractivity contribution < 1.29 is 14.3 Å². The van der Waals surface area contributed by atoms with Crippen LogP contribution in [0.3, 0.4) is 0 Å². The van der Waals surface area contributed by atoms with Crippen molar-refractivity contribution in [2.75, 3.05) is 38.2 Å². The largest absolute Gasteiger partial charge is 0.495 e. The Labute approximate surface area is 176 Å². The lowest BCUT2D eigenvalue weighted by Gasteiger charge is -2.36. The summed E-state index contributed by atoms with van der Waals surface area (Å²) < 4.78 is 7.49. The molecule has 0 radical (unpaired) electrons. The molecular weight excluding hydrogens is 378 g/mol. The highest BCUT2D eigenvalue weighted by Gasteiger charge is 2.23. The van der Waals surface area contributed by atoms with Gasteiger partial charge < -0.3 is 19.1 Å². The Morgan fingerprint density at radius 2 is 1.67 bits per heavy atom. The number of aryl methyl sites for hydroxylation is 1. The molecule has 0 bridgehead atoms. The maximum atomic E-state index is 12.8. The number of para-hydroxylation sites is 3. The Balaban J connectivity index is 1.38. The molecule has 0 unspecified atom stereocenters. The van der Waals surface area contributed by atoms with E-state index in [0.717, 1.165) is 35.4 Å². The Kier molecular flexibility index (Phi) is 5.74. The first-order valence-corrected chi connectivity index (χ1v) is 10.3. The summed E-state index contributed by atoms with van der Waals surface area (Å²) in [7, 11) is 1.68. The van der Waals surface area contributed by atoms with Crippen molar-refractivity contribution in [2.45, 2.75) is 19.9 Å². The number of carbonyl (C=O) groups excluding carboxylic acids is 2. The average molecular weight is 405 g/mol. The number of benzene rings is 2. The second kappa shape index (κ2) is 8.61. The molecule has 4 rings (SSSR count). The van der Waals surface area contributed by atoms with Crippen molar-refractivity contribution in [3.05, 3.63) is 60.3 Å². The minimum absolute atomic E-state index is 0.0451. The molecule has 2 heterocycles. The summed E-state index contributed by atoms with van der Waals surface area (Å²) in [4.78, 5) is 29.0. The van der Waals surface area contributed by atoms with E-state index in [0.29, 0.717) is 31.6 Å². The molecule has 30 heavy (non-hydrogen) atoms. The van der Waals surface area contributed by atoms with Crippen LogP contribution in [0.25, 0.3) is 10.9 Å². The topological polar surface area (TPSA) is 54.8 Å². The molecule has 0 spiro atoms. The van der Waals surface area contributed by atoms with Crippen LogP contribution in [0.15, 0.2) is 54.7 Å². The third-order valence-corrected chi connectivity index (χ3v) is 5.79. The first-order chi connectivity index (χ1) is 14.6. The standard InChI is InChI=1S/C24H27N3O3/c1-18(28)20-17-27(21-8-4-3-7-19(20)21)12-11-24(29)26-15-13-25(14-16-26)22-9-5-6-10-23(22)30-2/h3-10,17H,11-16H2,1-2H3. The summed E-state index contributed by atoms with van der Waals surface area (Å²) in [6.07, 6.45) is 2.30. The maximum absolute atomic E-state index is 12.8. The van der Waals surface area contributed by atoms with Gasteiger partial charge in [0.2, 0.25) is 5.91 Å². The molecule has 1 aromatic heterocycles. The predicted molar refractivity (Wildman–Crippen MR) is 118 cm³/mol. The molecule has 1 aliphatic rings. The van der Waals surface area contributed by atoms with E-state index in [1.54, 1.807) is 14.0 Å². The smallest absolute Gasteiger partial charge is 0.224 e. The van der Waals surface area contributed by atoms with Crippen molar-refractivity contribution >= 4 is 28.3 Å². The molecule has 0 N–H and O–H groups in total. The molecule has 2 aromatic carbocycles. The summed E-state index contributed by atoms with van der Waals surface area (Å²) in [5, 5.41) is 0.947. The number of anilines is 1. The molecule has 1 fully saturated rings. The number of hydrogen-bond donors (Lipinski definition) is 0. The van der Waals surface area contributed by atoms with Crippen LogP contribution in [-0.4, -0.2) is 54.4 Å². The third-order valence-electron chi connectivity index (χ3n) is 5.79. The van der Waals surface area contributed by atoms with Crippen LogP contribution in [-0.2, 0) is 11.3 Å². The van der Waals surface area contributed by atoms with Crippen molar-refractivity contribution in [3.63, 3.8) is 0 Å². The van der Waals surface area contributed by atoms with Gasteiger partial charge in [0.15, 0.2) is 5.78 Å². The Morgan fingerprint density at radius 1 is 0.967 bits per heavy atom. The summed E-state index contributed by atoms with van der Waals surface area (Å²) in [5.41, 5.74) is 2.78. The summed E-state index contributed by atoms with van der Waals surface area (Å²) in [6.45, 7) is 5.11. The molecule has 6 heteroatoms. The highest BCUT2D eigenvalue weighted by Crippen LogP contribution is 2.28. The van der Waals surface area contributed by atoms with E-state index in [1.807, 2.05) is 58.1 Å². The summed E-state index contributed by atoms with van der Waals surface area (Å²) in [5.74, 6) is 1.05. The number of amides is 1. The average Bonchev–Trinajstić information content (AvgIpc) is 3.16. The maximum Gasteiger partial charge on any atom is 0.224 e. The molecule has 6 nitrogen and oxygen atoms in total. The van der Waals surface area contributed by atoms with Gasteiger partial charge in [-0.2, -0.15) is 0 Å². The zero-order valence-corrected chi connectivity index (χ0v) is 17.5. The van der Waals surface area contributed by atoms with Gasteiger partial charge >= 0.3 is 0 Å². The van der Waals surface area contributed by atoms with Crippen molar-refractivity contribution in [2.24, 2.45) is 0 Å². The second-order valence-electron chi connectivity index (χ2n) is 7.60. The molecule has 1 aliphatic heterocycles. The van der Waals surface area contributed by atoms with Gasteiger partial charge in [-0.3, -0.25) is 9.59 Å². The van der Waals surface area contributed by atoms with Gasteiger partial charge in [-0.25, -0.2) is 0 Å². The molecule has 3 aromatic rings. The van der Waals surface area contributed by atoms with Gasteiger partial charge in [0.1, 0.15) is 5.75 Å². The monoisotopic (exact) mass is 405 g/mol. The molecule has 1 amide bonds. The van der Waals surface area contributed by atoms with E-state index < -0.39 is 0 Å². The van der Waals surface area contributed by atoms with Crippen LogP contribution in [0.2, 0.25) is 0 Å². The number of ketones is 1. The number of ether oxygens (including phenoxy) is 1. The third kappa shape index (κ3) is 3.90. The number of piperazine rings is 1. The number of Topliss-reactive ketones (excluding diaryl/α,β-unsaturated/α-hetero) is 1. The fourth-order valence-electron chi connectivity index (χ4n) is 4.17. The van der Waals surface area contributed by atoms with Gasteiger partial charge in [-0.15, -0.1) is 0 Å². The van der Waals surface area contributed by atoms with E-state index in [-0.39, 0.29) is 11.7 Å². The molecule has 0 atom stereocenters. The molecular formula is C24H27N3O3. The summed E-state index contributed by atoms with van der Waals surface area (Å²) in [6, 6.07) is 15.8. The minimum atomic E-state index is 0.0451. The lowest BCUT2D eigenvalue weighted by Crippen LogP contribution is -2.49. The number of carbonyl (C=O) groups is 2. The normalized spacial score (nSPS) is 14.2. The fourth-order valence-corrected chi connectivity index (χ4v) is 4.17. The van der Waals surface area contributed by atoms with Gasteiger partial charge in [0.25, 0.3) is 0 Å². The first-order valence-electron chi connectivity index (χ1n) is 10.3. The number of rotatable bonds is 6.